The lowest BCUT2D eigenvalue weighted by Gasteiger charge is -2.15. The standard InChI is InChI=1S/C62H39N5/c1-4-19-41(20-5-1)58-54-38-53-51-33-17-32-49(59(51)67(56-35-16-25-40-18-10-11-30-48(40)56)57(53)39-52(54)50-31-12-13-34-55(50)63-58)46-28-14-26-44(36-46)45-27-15-29-47(37-45)62-65-60(42-21-6-2-7-22-42)64-61(66-62)43-23-8-3-9-24-43/h1-39H. The van der Waals surface area contributed by atoms with E-state index >= 15 is 0 Å². The number of benzene rings is 10. The van der Waals surface area contributed by atoms with Gasteiger partial charge in [0.1, 0.15) is 0 Å². The lowest BCUT2D eigenvalue weighted by atomic mass is 9.95. The van der Waals surface area contributed by atoms with Gasteiger partial charge in [0.05, 0.1) is 27.9 Å². The smallest absolute Gasteiger partial charge is 0.164 e. The molecule has 3 heterocycles. The van der Waals surface area contributed by atoms with Crippen molar-refractivity contribution in [1.29, 1.82) is 0 Å². The Labute approximate surface area is 387 Å². The number of pyridine rings is 1. The van der Waals surface area contributed by atoms with E-state index in [-0.39, 0.29) is 0 Å². The van der Waals surface area contributed by atoms with E-state index in [1.165, 1.54) is 26.9 Å². The first-order chi connectivity index (χ1) is 33.2. The van der Waals surface area contributed by atoms with Crippen LogP contribution in [0.4, 0.5) is 0 Å². The fraction of sp³-hybridized carbons (Fsp3) is 0. The Balaban J connectivity index is 1.02. The summed E-state index contributed by atoms with van der Waals surface area (Å²) in [6, 6.07) is 83.7. The average molecular weight is 854 g/mol. The lowest BCUT2D eigenvalue weighted by molar-refractivity contribution is 1.07. The fourth-order valence-electron chi connectivity index (χ4n) is 9.85. The summed E-state index contributed by atoms with van der Waals surface area (Å²) < 4.78 is 2.50. The molecule has 0 aliphatic rings. The van der Waals surface area contributed by atoms with Crippen LogP contribution in [0.2, 0.25) is 0 Å². The molecule has 0 radical (unpaired) electrons. The average Bonchev–Trinajstić information content (AvgIpc) is 3.74. The number of para-hydroxylation sites is 2. The van der Waals surface area contributed by atoms with Gasteiger partial charge in [-0.25, -0.2) is 19.9 Å². The first-order valence-electron chi connectivity index (χ1n) is 22.6. The lowest BCUT2D eigenvalue weighted by Crippen LogP contribution is -2.00. The first-order valence-corrected chi connectivity index (χ1v) is 22.6. The van der Waals surface area contributed by atoms with Crippen LogP contribution >= 0.6 is 0 Å². The van der Waals surface area contributed by atoms with E-state index in [2.05, 4.69) is 180 Å². The summed E-state index contributed by atoms with van der Waals surface area (Å²) in [5.74, 6) is 1.90. The van der Waals surface area contributed by atoms with E-state index in [0.29, 0.717) is 17.5 Å². The summed E-state index contributed by atoms with van der Waals surface area (Å²) >= 11 is 0. The van der Waals surface area contributed by atoms with Crippen LogP contribution < -0.4 is 0 Å². The molecule has 0 atom stereocenters. The second kappa shape index (κ2) is 15.9. The summed E-state index contributed by atoms with van der Waals surface area (Å²) in [6.45, 7) is 0. The first kappa shape index (κ1) is 38.4. The summed E-state index contributed by atoms with van der Waals surface area (Å²) in [5.41, 5.74) is 13.7. The Hall–Kier alpha value is -9.06. The molecule has 0 N–H and O–H groups in total. The monoisotopic (exact) mass is 853 g/mol. The van der Waals surface area contributed by atoms with Crippen molar-refractivity contribution in [2.45, 2.75) is 0 Å². The maximum atomic E-state index is 5.31. The minimum Gasteiger partial charge on any atom is -0.308 e. The van der Waals surface area contributed by atoms with Gasteiger partial charge in [-0.15, -0.1) is 0 Å². The molecule has 0 fully saturated rings. The molecule has 5 nitrogen and oxygen atoms in total. The second-order valence-electron chi connectivity index (χ2n) is 17.0. The zero-order chi connectivity index (χ0) is 44.3. The van der Waals surface area contributed by atoms with Crippen LogP contribution in [0.5, 0.6) is 0 Å². The number of hydrogen-bond donors (Lipinski definition) is 0. The van der Waals surface area contributed by atoms with Gasteiger partial charge in [-0.05, 0) is 63.9 Å². The van der Waals surface area contributed by atoms with E-state index in [0.717, 1.165) is 83.2 Å². The predicted octanol–water partition coefficient (Wildman–Crippen LogP) is 15.8. The van der Waals surface area contributed by atoms with E-state index < -0.39 is 0 Å². The van der Waals surface area contributed by atoms with E-state index in [1.54, 1.807) is 0 Å². The largest absolute Gasteiger partial charge is 0.308 e. The van der Waals surface area contributed by atoms with Crippen LogP contribution in [0.25, 0.3) is 128 Å². The van der Waals surface area contributed by atoms with E-state index in [4.69, 9.17) is 19.9 Å². The van der Waals surface area contributed by atoms with Crippen LogP contribution in [0, 0.1) is 0 Å². The third-order valence-corrected chi connectivity index (χ3v) is 13.0. The Morgan fingerprint density at radius 3 is 1.51 bits per heavy atom. The number of rotatable bonds is 7. The Morgan fingerprint density at radius 2 is 0.791 bits per heavy atom. The highest BCUT2D eigenvalue weighted by Gasteiger charge is 2.22. The third-order valence-electron chi connectivity index (χ3n) is 13.0. The molecule has 3 aromatic heterocycles. The van der Waals surface area contributed by atoms with Gasteiger partial charge in [-0.1, -0.05) is 200 Å². The number of hydrogen-bond acceptors (Lipinski definition) is 4. The highest BCUT2D eigenvalue weighted by molar-refractivity contribution is 6.22. The van der Waals surface area contributed by atoms with Crippen LogP contribution in [-0.2, 0) is 0 Å². The summed E-state index contributed by atoms with van der Waals surface area (Å²) in [5, 5.41) is 8.19. The minimum atomic E-state index is 0.626. The maximum Gasteiger partial charge on any atom is 0.164 e. The van der Waals surface area contributed by atoms with Crippen LogP contribution in [0.3, 0.4) is 0 Å². The molecule has 13 rings (SSSR count). The molecule has 13 aromatic rings. The minimum absolute atomic E-state index is 0.626. The van der Waals surface area contributed by atoms with Crippen molar-refractivity contribution in [3.05, 3.63) is 237 Å². The molecule has 67 heavy (non-hydrogen) atoms. The molecule has 0 aliphatic heterocycles. The summed E-state index contributed by atoms with van der Waals surface area (Å²) in [7, 11) is 0. The quantitative estimate of drug-likeness (QED) is 0.150. The van der Waals surface area contributed by atoms with Crippen molar-refractivity contribution < 1.29 is 0 Å². The second-order valence-corrected chi connectivity index (χ2v) is 17.0. The summed E-state index contributed by atoms with van der Waals surface area (Å²) in [6.07, 6.45) is 0. The SMILES string of the molecule is c1ccc(-c2nc(-c3ccccc3)nc(-c3cccc(-c4cccc(-c5cccc6c7cc8c(-c9ccccc9)nc9ccccc9c8cc7n(-c7cccc8ccccc78)c56)c4)c3)n2)cc1. The van der Waals surface area contributed by atoms with Crippen molar-refractivity contribution in [1.82, 2.24) is 24.5 Å². The van der Waals surface area contributed by atoms with Gasteiger partial charge in [0.2, 0.25) is 0 Å². The Bertz CT molecular complexity index is 3970. The Morgan fingerprint density at radius 1 is 0.284 bits per heavy atom. The molecule has 0 unspecified atom stereocenters. The number of aromatic nitrogens is 5. The predicted molar refractivity (Wildman–Crippen MR) is 277 cm³/mol. The summed E-state index contributed by atoms with van der Waals surface area (Å²) in [4.78, 5) is 20.3. The third kappa shape index (κ3) is 6.64. The molecule has 0 amide bonds. The normalized spacial score (nSPS) is 11.6. The fourth-order valence-corrected chi connectivity index (χ4v) is 9.85. The van der Waals surface area contributed by atoms with Crippen molar-refractivity contribution in [3.8, 4) is 73.4 Å². The zero-order valence-corrected chi connectivity index (χ0v) is 36.3. The topological polar surface area (TPSA) is 56.5 Å². The molecule has 0 spiro atoms. The molecule has 10 aromatic carbocycles. The van der Waals surface area contributed by atoms with Crippen LogP contribution in [-0.4, -0.2) is 24.5 Å². The van der Waals surface area contributed by atoms with Crippen molar-refractivity contribution in [2.75, 3.05) is 0 Å². The number of fused-ring (bicyclic) bond motifs is 7. The van der Waals surface area contributed by atoms with Crippen molar-refractivity contribution in [2.24, 2.45) is 0 Å². The van der Waals surface area contributed by atoms with Gasteiger partial charge >= 0.3 is 0 Å². The van der Waals surface area contributed by atoms with Crippen molar-refractivity contribution >= 4 is 54.3 Å². The van der Waals surface area contributed by atoms with Crippen molar-refractivity contribution in [3.63, 3.8) is 0 Å². The number of nitrogens with zero attached hydrogens (tertiary/aromatic N) is 5. The molecule has 312 valence electrons. The van der Waals surface area contributed by atoms with Gasteiger partial charge in [0.25, 0.3) is 0 Å². The highest BCUT2D eigenvalue weighted by Crippen LogP contribution is 2.44. The molecular formula is C62H39N5. The van der Waals surface area contributed by atoms with Gasteiger partial charge in [-0.2, -0.15) is 0 Å². The van der Waals surface area contributed by atoms with Gasteiger partial charge in [0.15, 0.2) is 17.5 Å². The molecule has 0 bridgehead atoms. The van der Waals surface area contributed by atoms with Gasteiger partial charge < -0.3 is 4.57 Å². The van der Waals surface area contributed by atoms with Gasteiger partial charge in [0, 0.05) is 54.7 Å². The van der Waals surface area contributed by atoms with Gasteiger partial charge in [-0.3, -0.25) is 0 Å². The zero-order valence-electron chi connectivity index (χ0n) is 36.3. The molecular weight excluding hydrogens is 815 g/mol. The molecule has 0 aliphatic carbocycles. The molecule has 0 saturated carbocycles. The van der Waals surface area contributed by atoms with E-state index in [1.807, 2.05) is 60.7 Å². The molecule has 0 saturated heterocycles. The maximum absolute atomic E-state index is 5.31. The molecule has 5 heteroatoms. The van der Waals surface area contributed by atoms with Crippen LogP contribution in [0.1, 0.15) is 0 Å². The van der Waals surface area contributed by atoms with E-state index in [9.17, 15) is 0 Å². The Kier molecular flexibility index (Phi) is 9.10. The highest BCUT2D eigenvalue weighted by atomic mass is 15.0. The van der Waals surface area contributed by atoms with Crippen LogP contribution in [0.15, 0.2) is 237 Å².